The molecule has 0 aliphatic heterocycles. The first-order chi connectivity index (χ1) is 12.6. The molecule has 3 nitrogen and oxygen atoms in total. The summed E-state index contributed by atoms with van der Waals surface area (Å²) in [5.74, 6) is 0.160. The summed E-state index contributed by atoms with van der Waals surface area (Å²) in [6, 6.07) is 12.3. The van der Waals surface area contributed by atoms with Crippen molar-refractivity contribution >= 4 is 43.9 Å². The fraction of sp³-hybridized carbons (Fsp3) is 0.227. The van der Waals surface area contributed by atoms with Crippen molar-refractivity contribution in [1.29, 1.82) is 0 Å². The lowest BCUT2D eigenvalue weighted by Gasteiger charge is -2.14. The van der Waals surface area contributed by atoms with Crippen molar-refractivity contribution in [2.75, 3.05) is 5.73 Å². The number of thiophene rings is 1. The van der Waals surface area contributed by atoms with Gasteiger partial charge in [-0.05, 0) is 72.9 Å². The van der Waals surface area contributed by atoms with Crippen molar-refractivity contribution in [3.63, 3.8) is 0 Å². The van der Waals surface area contributed by atoms with Crippen molar-refractivity contribution in [2.45, 2.75) is 32.6 Å². The van der Waals surface area contributed by atoms with Crippen LogP contribution >= 0.6 is 11.3 Å². The number of benzene rings is 2. The highest BCUT2D eigenvalue weighted by Gasteiger charge is 2.25. The van der Waals surface area contributed by atoms with E-state index in [4.69, 9.17) is 10.2 Å². The van der Waals surface area contributed by atoms with Crippen LogP contribution in [0.5, 0.6) is 0 Å². The Balaban J connectivity index is 1.67. The van der Waals surface area contributed by atoms with E-state index in [1.165, 1.54) is 35.3 Å². The Hall–Kier alpha value is -2.59. The van der Waals surface area contributed by atoms with Crippen LogP contribution in [0.25, 0.3) is 21.1 Å². The highest BCUT2D eigenvalue weighted by atomic mass is 32.1. The number of anilines is 1. The van der Waals surface area contributed by atoms with E-state index in [9.17, 15) is 4.79 Å². The van der Waals surface area contributed by atoms with E-state index in [1.54, 1.807) is 0 Å². The minimum absolute atomic E-state index is 0.115. The molecule has 0 saturated heterocycles. The Morgan fingerprint density at radius 3 is 2.58 bits per heavy atom. The number of ketones is 1. The van der Waals surface area contributed by atoms with Gasteiger partial charge in [-0.25, -0.2) is 0 Å². The fourth-order valence-corrected chi connectivity index (χ4v) is 5.15. The van der Waals surface area contributed by atoms with Crippen molar-refractivity contribution in [1.82, 2.24) is 0 Å². The number of hydrogen-bond donors (Lipinski definition) is 1. The Kier molecular flexibility index (Phi) is 3.44. The molecule has 2 aromatic heterocycles. The molecule has 0 saturated carbocycles. The van der Waals surface area contributed by atoms with Gasteiger partial charge in [-0.1, -0.05) is 18.2 Å². The van der Waals surface area contributed by atoms with E-state index in [2.05, 4.69) is 12.1 Å². The summed E-state index contributed by atoms with van der Waals surface area (Å²) in [6.07, 6.45) is 4.57. The molecule has 0 radical (unpaired) electrons. The summed E-state index contributed by atoms with van der Waals surface area (Å²) in [7, 11) is 0. The van der Waals surface area contributed by atoms with Gasteiger partial charge in [0.15, 0.2) is 5.76 Å². The molecule has 0 fully saturated rings. The van der Waals surface area contributed by atoms with Crippen LogP contribution in [0.1, 0.15) is 45.0 Å². The van der Waals surface area contributed by atoms with Crippen LogP contribution in [-0.4, -0.2) is 5.78 Å². The molecule has 2 aromatic carbocycles. The molecule has 2 N–H and O–H groups in total. The summed E-state index contributed by atoms with van der Waals surface area (Å²) >= 11 is 1.51. The summed E-state index contributed by atoms with van der Waals surface area (Å²) in [5.41, 5.74) is 11.2. The molecule has 1 aliphatic rings. The van der Waals surface area contributed by atoms with Gasteiger partial charge in [0.2, 0.25) is 5.78 Å². The van der Waals surface area contributed by atoms with Crippen molar-refractivity contribution in [3.8, 4) is 0 Å². The van der Waals surface area contributed by atoms with Crippen LogP contribution in [0, 0.1) is 6.92 Å². The number of hydrogen-bond acceptors (Lipinski definition) is 4. The van der Waals surface area contributed by atoms with Crippen LogP contribution in [0.2, 0.25) is 0 Å². The van der Waals surface area contributed by atoms with Gasteiger partial charge in [0.05, 0.1) is 10.6 Å². The molecule has 0 atom stereocenters. The second-order valence-corrected chi connectivity index (χ2v) is 8.10. The standard InChI is InChI=1S/C22H19NO2S/c1-12-15-8-4-5-9-18(15)26-22(12)20(24)21-19(23)16-10-13-6-2-3-7-14(13)11-17(16)25-21/h4-5,8-11H,2-3,6-7,23H2,1H3. The quantitative estimate of drug-likeness (QED) is 0.470. The van der Waals surface area contributed by atoms with Gasteiger partial charge in [0.25, 0.3) is 0 Å². The van der Waals surface area contributed by atoms with E-state index in [-0.39, 0.29) is 11.5 Å². The first-order valence-corrected chi connectivity index (χ1v) is 9.81. The van der Waals surface area contributed by atoms with Crippen LogP contribution < -0.4 is 5.73 Å². The number of carbonyl (C=O) groups is 1. The third kappa shape index (κ3) is 2.22. The number of nitrogen functional groups attached to an aromatic ring is 1. The van der Waals surface area contributed by atoms with E-state index in [1.807, 2.05) is 31.2 Å². The smallest absolute Gasteiger partial charge is 0.240 e. The maximum atomic E-state index is 13.2. The SMILES string of the molecule is Cc1c(C(=O)c2oc3cc4c(cc3c2N)CCCC4)sc2ccccc12. The molecule has 0 amide bonds. The normalized spacial score (nSPS) is 14.0. The maximum absolute atomic E-state index is 13.2. The number of nitrogens with two attached hydrogens (primary N) is 1. The molecule has 1 aliphatic carbocycles. The van der Waals surface area contributed by atoms with Gasteiger partial charge < -0.3 is 10.2 Å². The Morgan fingerprint density at radius 2 is 1.81 bits per heavy atom. The molecular formula is C22H19NO2S. The maximum Gasteiger partial charge on any atom is 0.240 e. The van der Waals surface area contributed by atoms with Gasteiger partial charge in [0.1, 0.15) is 5.58 Å². The molecule has 0 bridgehead atoms. The lowest BCUT2D eigenvalue weighted by molar-refractivity contribution is 0.102. The molecule has 0 unspecified atom stereocenters. The predicted molar refractivity (Wildman–Crippen MR) is 107 cm³/mol. The molecule has 0 spiro atoms. The topological polar surface area (TPSA) is 56.2 Å². The van der Waals surface area contributed by atoms with Crippen LogP contribution in [0.3, 0.4) is 0 Å². The van der Waals surface area contributed by atoms with Gasteiger partial charge in [-0.3, -0.25) is 4.79 Å². The Labute approximate surface area is 155 Å². The zero-order chi connectivity index (χ0) is 17.8. The Morgan fingerprint density at radius 1 is 1.08 bits per heavy atom. The first-order valence-electron chi connectivity index (χ1n) is 9.00. The second-order valence-electron chi connectivity index (χ2n) is 7.05. The average molecular weight is 361 g/mol. The zero-order valence-corrected chi connectivity index (χ0v) is 15.4. The van der Waals surface area contributed by atoms with Gasteiger partial charge in [-0.2, -0.15) is 0 Å². The zero-order valence-electron chi connectivity index (χ0n) is 14.6. The number of fused-ring (bicyclic) bond motifs is 3. The molecule has 2 heterocycles. The number of carbonyl (C=O) groups excluding carboxylic acids is 1. The minimum Gasteiger partial charge on any atom is -0.450 e. The number of furan rings is 1. The number of rotatable bonds is 2. The molecule has 4 aromatic rings. The van der Waals surface area contributed by atoms with Crippen LogP contribution in [-0.2, 0) is 12.8 Å². The number of aryl methyl sites for hydroxylation is 3. The third-order valence-electron chi connectivity index (χ3n) is 5.45. The molecule has 130 valence electrons. The average Bonchev–Trinajstić information content (AvgIpc) is 3.17. The van der Waals surface area contributed by atoms with E-state index >= 15 is 0 Å². The van der Waals surface area contributed by atoms with Crippen molar-refractivity contribution < 1.29 is 9.21 Å². The third-order valence-corrected chi connectivity index (χ3v) is 6.72. The lowest BCUT2D eigenvalue weighted by Crippen LogP contribution is -2.03. The highest BCUT2D eigenvalue weighted by Crippen LogP contribution is 2.37. The minimum atomic E-state index is -0.115. The second kappa shape index (κ2) is 5.71. The molecule has 26 heavy (non-hydrogen) atoms. The summed E-state index contributed by atoms with van der Waals surface area (Å²) in [4.78, 5) is 13.9. The Bertz CT molecular complexity index is 1180. The van der Waals surface area contributed by atoms with Crippen molar-refractivity contribution in [3.05, 3.63) is 63.7 Å². The van der Waals surface area contributed by atoms with Gasteiger partial charge in [0, 0.05) is 10.1 Å². The fourth-order valence-electron chi connectivity index (χ4n) is 4.01. The van der Waals surface area contributed by atoms with E-state index < -0.39 is 0 Å². The monoisotopic (exact) mass is 361 g/mol. The van der Waals surface area contributed by atoms with E-state index in [0.29, 0.717) is 10.6 Å². The van der Waals surface area contributed by atoms with Gasteiger partial charge >= 0.3 is 0 Å². The van der Waals surface area contributed by atoms with Crippen LogP contribution in [0.4, 0.5) is 5.69 Å². The predicted octanol–water partition coefficient (Wildman–Crippen LogP) is 5.65. The molecule has 5 rings (SSSR count). The summed E-state index contributed by atoms with van der Waals surface area (Å²) < 4.78 is 7.07. The van der Waals surface area contributed by atoms with E-state index in [0.717, 1.165) is 39.5 Å². The summed E-state index contributed by atoms with van der Waals surface area (Å²) in [5, 5.41) is 1.98. The lowest BCUT2D eigenvalue weighted by atomic mass is 9.90. The van der Waals surface area contributed by atoms with Crippen molar-refractivity contribution in [2.24, 2.45) is 0 Å². The molecule has 4 heteroatoms. The van der Waals surface area contributed by atoms with Gasteiger partial charge in [-0.15, -0.1) is 11.3 Å². The largest absolute Gasteiger partial charge is 0.450 e. The molecular weight excluding hydrogens is 342 g/mol. The highest BCUT2D eigenvalue weighted by molar-refractivity contribution is 7.21. The van der Waals surface area contributed by atoms with Crippen LogP contribution in [0.15, 0.2) is 40.8 Å². The summed E-state index contributed by atoms with van der Waals surface area (Å²) in [6.45, 7) is 1.99. The first kappa shape index (κ1) is 15.6.